The Labute approximate surface area is 542 Å². The summed E-state index contributed by atoms with van der Waals surface area (Å²) < 4.78 is 67.8. The largest absolute Gasteiger partial charge is 0.481 e. The average molecular weight is 1330 g/mol. The molecule has 0 heterocycles. The standard InChI is InChI=1S/C67H126O21P2/c1-3-5-7-9-11-13-15-17-19-21-23-25-33-40-46-52-65(75)86-60(56-81-63(73)50-44-39-35-29-31-37-43-49-62(71)72)57-85-89(77,78)83-54-59(68)55-84-90(79,80)88-67(58-82-64(74)51-45-38-32-28-27-30-36-42-48-61(69)70)87-66(76)53-47-41-34-26-24-22-20-18-16-14-12-10-8-6-4-2/h59-60,67-68H,3-58H2,1-2H3,(H,69,70)(H,71,72)(H,77,78)(H,79,80). The van der Waals surface area contributed by atoms with Crippen molar-refractivity contribution in [3.63, 3.8) is 0 Å². The van der Waals surface area contributed by atoms with Gasteiger partial charge in [-0.3, -0.25) is 42.3 Å². The second-order valence-corrected chi connectivity index (χ2v) is 27.3. The number of aliphatic hydroxyl groups excluding tert-OH is 1. The Morgan fingerprint density at radius 3 is 0.889 bits per heavy atom. The molecule has 0 amide bonds. The molecule has 0 aliphatic carbocycles. The van der Waals surface area contributed by atoms with E-state index < -0.39 is 103 Å². The van der Waals surface area contributed by atoms with Crippen molar-refractivity contribution in [2.24, 2.45) is 0 Å². The number of ether oxygens (including phenoxy) is 4. The van der Waals surface area contributed by atoms with Gasteiger partial charge in [-0.15, -0.1) is 0 Å². The zero-order valence-corrected chi connectivity index (χ0v) is 57.8. The number of hydrogen-bond donors (Lipinski definition) is 5. The molecule has 0 spiro atoms. The summed E-state index contributed by atoms with van der Waals surface area (Å²) in [7, 11) is -10.2. The number of carboxylic acids is 2. The molecule has 0 aromatic heterocycles. The number of esters is 4. The summed E-state index contributed by atoms with van der Waals surface area (Å²) in [5.74, 6) is -4.23. The van der Waals surface area contributed by atoms with E-state index in [9.17, 15) is 52.8 Å². The van der Waals surface area contributed by atoms with Crippen molar-refractivity contribution in [2.75, 3.05) is 33.0 Å². The topological polar surface area (TPSA) is 312 Å². The van der Waals surface area contributed by atoms with Crippen LogP contribution < -0.4 is 0 Å². The van der Waals surface area contributed by atoms with E-state index in [1.165, 1.54) is 128 Å². The minimum absolute atomic E-state index is 0.0256. The first-order valence-corrected chi connectivity index (χ1v) is 38.5. The van der Waals surface area contributed by atoms with Gasteiger partial charge in [0, 0.05) is 38.5 Å². The number of carbonyl (C=O) groups excluding carboxylic acids is 4. The minimum atomic E-state index is -5.18. The van der Waals surface area contributed by atoms with Crippen LogP contribution in [-0.4, -0.2) is 112 Å². The lowest BCUT2D eigenvalue weighted by molar-refractivity contribution is -0.180. The Balaban J connectivity index is 5.30. The van der Waals surface area contributed by atoms with Gasteiger partial charge in [-0.25, -0.2) is 13.7 Å². The van der Waals surface area contributed by atoms with Gasteiger partial charge in [0.1, 0.15) is 12.7 Å². The first-order valence-electron chi connectivity index (χ1n) is 35.5. The molecule has 0 bridgehead atoms. The van der Waals surface area contributed by atoms with Crippen molar-refractivity contribution in [3.05, 3.63) is 0 Å². The third-order valence-electron chi connectivity index (χ3n) is 15.7. The fraction of sp³-hybridized carbons (Fsp3) is 0.910. The lowest BCUT2D eigenvalue weighted by atomic mass is 10.0. The van der Waals surface area contributed by atoms with Crippen molar-refractivity contribution < 1.29 is 100 Å². The Morgan fingerprint density at radius 1 is 0.311 bits per heavy atom. The van der Waals surface area contributed by atoms with Gasteiger partial charge in [0.05, 0.1) is 19.8 Å². The van der Waals surface area contributed by atoms with Crippen LogP contribution >= 0.6 is 15.6 Å². The minimum Gasteiger partial charge on any atom is -0.481 e. The molecule has 0 saturated carbocycles. The Bertz CT molecular complexity index is 1860. The summed E-state index contributed by atoms with van der Waals surface area (Å²) in [6, 6.07) is 0. The highest BCUT2D eigenvalue weighted by molar-refractivity contribution is 7.47. The molecule has 21 nitrogen and oxygen atoms in total. The van der Waals surface area contributed by atoms with Gasteiger partial charge < -0.3 is 44.1 Å². The molecule has 90 heavy (non-hydrogen) atoms. The third-order valence-corrected chi connectivity index (χ3v) is 17.6. The van der Waals surface area contributed by atoms with E-state index >= 15 is 0 Å². The quantitative estimate of drug-likeness (QED) is 0.0124. The van der Waals surface area contributed by atoms with E-state index in [4.69, 9.17) is 47.3 Å². The van der Waals surface area contributed by atoms with E-state index in [2.05, 4.69) is 13.8 Å². The van der Waals surface area contributed by atoms with E-state index in [1.54, 1.807) is 0 Å². The number of rotatable bonds is 70. The number of phosphoric acid groups is 2. The highest BCUT2D eigenvalue weighted by atomic mass is 31.2. The van der Waals surface area contributed by atoms with Crippen LogP contribution in [0.15, 0.2) is 0 Å². The zero-order chi connectivity index (χ0) is 66.5. The maximum absolute atomic E-state index is 13.2. The summed E-state index contributed by atoms with van der Waals surface area (Å²) in [4.78, 5) is 93.9. The molecular weight excluding hydrogens is 1200 g/mol. The number of phosphoric ester groups is 2. The number of aliphatic hydroxyl groups is 1. The summed E-state index contributed by atoms with van der Waals surface area (Å²) in [5, 5.41) is 28.2. The molecule has 5 unspecified atom stereocenters. The second kappa shape index (κ2) is 62.1. The molecule has 0 aromatic carbocycles. The number of unbranched alkanes of at least 4 members (excludes halogenated alkanes) is 41. The monoisotopic (exact) mass is 1330 g/mol. The third kappa shape index (κ3) is 63.7. The molecule has 0 fully saturated rings. The normalized spacial score (nSPS) is 13.9. The fourth-order valence-corrected chi connectivity index (χ4v) is 11.9. The van der Waals surface area contributed by atoms with Gasteiger partial charge in [0.15, 0.2) is 12.7 Å². The molecule has 0 radical (unpaired) electrons. The van der Waals surface area contributed by atoms with Gasteiger partial charge in [0.2, 0.25) is 6.29 Å². The molecule has 5 atom stereocenters. The van der Waals surface area contributed by atoms with Crippen molar-refractivity contribution in [1.29, 1.82) is 0 Å². The molecular formula is C67H126O21P2. The van der Waals surface area contributed by atoms with Crippen LogP contribution in [0.3, 0.4) is 0 Å². The molecule has 0 aliphatic heterocycles. The van der Waals surface area contributed by atoms with Crippen molar-refractivity contribution in [1.82, 2.24) is 0 Å². The van der Waals surface area contributed by atoms with Crippen LogP contribution in [0, 0.1) is 0 Å². The van der Waals surface area contributed by atoms with Gasteiger partial charge in [-0.2, -0.15) is 0 Å². The molecule has 5 N–H and O–H groups in total. The fourth-order valence-electron chi connectivity index (χ4n) is 10.3. The smallest absolute Gasteiger partial charge is 0.475 e. The molecule has 0 saturated heterocycles. The first kappa shape index (κ1) is 87.0. The van der Waals surface area contributed by atoms with Crippen molar-refractivity contribution >= 4 is 51.5 Å². The van der Waals surface area contributed by atoms with Crippen LogP contribution in [-0.2, 0) is 74.9 Å². The van der Waals surface area contributed by atoms with E-state index in [0.29, 0.717) is 38.5 Å². The first-order chi connectivity index (χ1) is 43.4. The number of carbonyl (C=O) groups is 6. The summed E-state index contributed by atoms with van der Waals surface area (Å²) in [6.07, 6.45) is 41.6. The van der Waals surface area contributed by atoms with Crippen LogP contribution in [0.2, 0.25) is 0 Å². The van der Waals surface area contributed by atoms with Gasteiger partial charge in [-0.1, -0.05) is 264 Å². The molecule has 23 heteroatoms. The Hall–Kier alpha value is -3.00. The summed E-state index contributed by atoms with van der Waals surface area (Å²) >= 11 is 0. The average Bonchev–Trinajstić information content (AvgIpc) is 3.59. The van der Waals surface area contributed by atoms with E-state index in [0.717, 1.165) is 122 Å². The predicted molar refractivity (Wildman–Crippen MR) is 348 cm³/mol. The SMILES string of the molecule is CCCCCCCCCCCCCCCCCC(=O)OC(COC(=O)CCCCCCCCCC(=O)O)COP(=O)(O)OCC(O)COP(=O)(O)OC(COC(=O)CCCCCCCCCCC(=O)O)OC(=O)CCCCCCCCCCCCCCCCC. The van der Waals surface area contributed by atoms with Crippen LogP contribution in [0.5, 0.6) is 0 Å². The zero-order valence-electron chi connectivity index (χ0n) is 56.0. The summed E-state index contributed by atoms with van der Waals surface area (Å²) in [6.45, 7) is 0.553. The van der Waals surface area contributed by atoms with Gasteiger partial charge in [-0.05, 0) is 38.5 Å². The maximum Gasteiger partial charge on any atom is 0.475 e. The highest BCUT2D eigenvalue weighted by Crippen LogP contribution is 2.46. The molecule has 0 rings (SSSR count). The van der Waals surface area contributed by atoms with E-state index in [1.807, 2.05) is 0 Å². The van der Waals surface area contributed by atoms with E-state index in [-0.39, 0.29) is 38.5 Å². The van der Waals surface area contributed by atoms with Gasteiger partial charge >= 0.3 is 51.5 Å². The molecule has 0 aliphatic rings. The highest BCUT2D eigenvalue weighted by Gasteiger charge is 2.33. The Kier molecular flexibility index (Phi) is 60.1. The van der Waals surface area contributed by atoms with Gasteiger partial charge in [0.25, 0.3) is 0 Å². The number of hydrogen-bond acceptors (Lipinski definition) is 17. The van der Waals surface area contributed by atoms with Crippen LogP contribution in [0.4, 0.5) is 0 Å². The van der Waals surface area contributed by atoms with Crippen LogP contribution in [0.25, 0.3) is 0 Å². The van der Waals surface area contributed by atoms with Crippen molar-refractivity contribution in [2.45, 2.75) is 360 Å². The second-order valence-electron chi connectivity index (χ2n) is 24.5. The Morgan fingerprint density at radius 2 is 0.567 bits per heavy atom. The van der Waals surface area contributed by atoms with Crippen molar-refractivity contribution in [3.8, 4) is 0 Å². The number of aliphatic carboxylic acids is 2. The lowest BCUT2D eigenvalue weighted by Gasteiger charge is -2.22. The van der Waals surface area contributed by atoms with Crippen LogP contribution in [0.1, 0.15) is 341 Å². The molecule has 530 valence electrons. The predicted octanol–water partition coefficient (Wildman–Crippen LogP) is 17.6. The summed E-state index contributed by atoms with van der Waals surface area (Å²) in [5.41, 5.74) is 0. The number of carboxylic acid groups (broad SMARTS) is 2. The maximum atomic E-state index is 13.2. The lowest BCUT2D eigenvalue weighted by Crippen LogP contribution is -2.30. The molecule has 0 aromatic rings.